The highest BCUT2D eigenvalue weighted by molar-refractivity contribution is 5.97. The van der Waals surface area contributed by atoms with Crippen LogP contribution in [0.1, 0.15) is 10.4 Å². The van der Waals surface area contributed by atoms with Crippen LogP contribution in [0.2, 0.25) is 0 Å². The summed E-state index contributed by atoms with van der Waals surface area (Å²) in [7, 11) is 0. The molecule has 0 saturated heterocycles. The number of carboxylic acids is 1. The van der Waals surface area contributed by atoms with Gasteiger partial charge in [-0.15, -0.1) is 0 Å². The molecule has 1 rings (SSSR count). The second-order valence-corrected chi connectivity index (χ2v) is 3.50. The van der Waals surface area contributed by atoms with Crippen molar-refractivity contribution in [3.8, 4) is 0 Å². The molecule has 1 aromatic rings. The Bertz CT molecular complexity index is 524. The van der Waals surface area contributed by atoms with Crippen LogP contribution >= 0.6 is 0 Å². The van der Waals surface area contributed by atoms with E-state index < -0.39 is 36.2 Å². The van der Waals surface area contributed by atoms with Crippen LogP contribution in [0.4, 0.5) is 23.8 Å². The van der Waals surface area contributed by atoms with Gasteiger partial charge < -0.3 is 9.84 Å². The van der Waals surface area contributed by atoms with Gasteiger partial charge in [0.25, 0.3) is 0 Å². The molecule has 0 aliphatic rings. The summed E-state index contributed by atoms with van der Waals surface area (Å²) in [5, 5.41) is 14.0. The number of carbonyl (C=O) groups excluding carboxylic acids is 1. The van der Waals surface area contributed by atoms with Crippen LogP contribution in [0, 0.1) is 0 Å². The van der Waals surface area contributed by atoms with Crippen molar-refractivity contribution in [1.29, 1.82) is 0 Å². The number of carboxylic acid groups (broad SMARTS) is 1. The van der Waals surface area contributed by atoms with Crippen molar-refractivity contribution < 1.29 is 32.6 Å². The summed E-state index contributed by atoms with van der Waals surface area (Å²) in [5.74, 6) is -2.14. The van der Waals surface area contributed by atoms with Gasteiger partial charge in [-0.3, -0.25) is 5.32 Å². The van der Waals surface area contributed by atoms with Gasteiger partial charge in [-0.05, 0) is 0 Å². The number of aromatic carboxylic acids is 1. The van der Waals surface area contributed by atoms with Gasteiger partial charge in [-0.2, -0.15) is 18.3 Å². The second kappa shape index (κ2) is 6.08. The van der Waals surface area contributed by atoms with Crippen molar-refractivity contribution in [2.75, 3.05) is 11.9 Å². The second-order valence-electron chi connectivity index (χ2n) is 3.50. The van der Waals surface area contributed by atoms with Crippen LogP contribution < -0.4 is 5.32 Å². The van der Waals surface area contributed by atoms with Crippen molar-refractivity contribution in [2.45, 2.75) is 12.7 Å². The van der Waals surface area contributed by atoms with Gasteiger partial charge in [0.05, 0.1) is 6.20 Å². The third kappa shape index (κ3) is 4.30. The van der Waals surface area contributed by atoms with Crippen LogP contribution in [0.25, 0.3) is 0 Å². The van der Waals surface area contributed by atoms with E-state index in [0.29, 0.717) is 10.9 Å². The molecule has 1 aromatic heterocycles. The Morgan fingerprint density at radius 3 is 2.70 bits per heavy atom. The Kier molecular flexibility index (Phi) is 4.73. The number of anilines is 1. The molecule has 110 valence electrons. The first-order chi connectivity index (χ1) is 9.24. The standard InChI is InChI=1S/C10H10F3N3O4/c1-2-3-20-9(19)15-7-6(8(17)18)4-14-16(7)5-10(11,12)13/h2,4H,1,3,5H2,(H,15,19)(H,17,18). The molecule has 0 aliphatic carbocycles. The Hall–Kier alpha value is -2.52. The smallest absolute Gasteiger partial charge is 0.413 e. The molecule has 0 atom stereocenters. The topological polar surface area (TPSA) is 93.4 Å². The number of amides is 1. The van der Waals surface area contributed by atoms with Crippen molar-refractivity contribution in [3.63, 3.8) is 0 Å². The molecule has 0 aliphatic heterocycles. The average molecular weight is 293 g/mol. The van der Waals surface area contributed by atoms with Crippen LogP contribution in [-0.4, -0.2) is 39.7 Å². The largest absolute Gasteiger partial charge is 0.477 e. The maximum Gasteiger partial charge on any atom is 0.413 e. The number of nitrogens with one attached hydrogen (secondary N) is 1. The van der Waals surface area contributed by atoms with Gasteiger partial charge in [0.1, 0.15) is 24.5 Å². The minimum atomic E-state index is -4.62. The maximum atomic E-state index is 12.3. The predicted molar refractivity (Wildman–Crippen MR) is 60.4 cm³/mol. The minimum Gasteiger partial charge on any atom is -0.477 e. The number of alkyl halides is 3. The Balaban J connectivity index is 3.00. The monoisotopic (exact) mass is 293 g/mol. The normalized spacial score (nSPS) is 10.9. The molecule has 0 bridgehead atoms. The third-order valence-corrected chi connectivity index (χ3v) is 1.95. The minimum absolute atomic E-state index is 0.179. The lowest BCUT2D eigenvalue weighted by Crippen LogP contribution is -2.23. The molecule has 2 N–H and O–H groups in total. The maximum absolute atomic E-state index is 12.3. The highest BCUT2D eigenvalue weighted by Crippen LogP contribution is 2.22. The van der Waals surface area contributed by atoms with E-state index in [2.05, 4.69) is 16.4 Å². The zero-order chi connectivity index (χ0) is 15.3. The highest BCUT2D eigenvalue weighted by atomic mass is 19.4. The van der Waals surface area contributed by atoms with Crippen molar-refractivity contribution in [2.24, 2.45) is 0 Å². The first kappa shape index (κ1) is 15.5. The molecule has 1 heterocycles. The fourth-order valence-electron chi connectivity index (χ4n) is 1.23. The van der Waals surface area contributed by atoms with E-state index in [9.17, 15) is 22.8 Å². The van der Waals surface area contributed by atoms with E-state index in [-0.39, 0.29) is 6.61 Å². The first-order valence-corrected chi connectivity index (χ1v) is 5.15. The van der Waals surface area contributed by atoms with Crippen molar-refractivity contribution >= 4 is 17.9 Å². The lowest BCUT2D eigenvalue weighted by Gasteiger charge is -2.11. The lowest BCUT2D eigenvalue weighted by molar-refractivity contribution is -0.142. The molecule has 1 amide bonds. The summed E-state index contributed by atoms with van der Waals surface area (Å²) in [6, 6.07) is 0. The molecule has 7 nitrogen and oxygen atoms in total. The summed E-state index contributed by atoms with van der Waals surface area (Å²) in [4.78, 5) is 22.1. The van der Waals surface area contributed by atoms with E-state index >= 15 is 0 Å². The number of carbonyl (C=O) groups is 2. The summed E-state index contributed by atoms with van der Waals surface area (Å²) in [5.41, 5.74) is -0.579. The fraction of sp³-hybridized carbons (Fsp3) is 0.300. The zero-order valence-electron chi connectivity index (χ0n) is 9.98. The van der Waals surface area contributed by atoms with Gasteiger partial charge >= 0.3 is 18.2 Å². The number of nitrogens with zero attached hydrogens (tertiary/aromatic N) is 2. The number of aromatic nitrogens is 2. The Labute approximate surface area is 110 Å². The molecule has 0 saturated carbocycles. The van der Waals surface area contributed by atoms with Crippen LogP contribution in [-0.2, 0) is 11.3 Å². The van der Waals surface area contributed by atoms with Gasteiger partial charge in [0.15, 0.2) is 0 Å². The quantitative estimate of drug-likeness (QED) is 0.808. The van der Waals surface area contributed by atoms with E-state index in [1.54, 1.807) is 0 Å². The number of hydrogen-bond acceptors (Lipinski definition) is 4. The number of halogens is 3. The molecule has 20 heavy (non-hydrogen) atoms. The Morgan fingerprint density at radius 1 is 1.55 bits per heavy atom. The van der Waals surface area contributed by atoms with Gasteiger partial charge in [-0.25, -0.2) is 14.3 Å². The summed E-state index contributed by atoms with van der Waals surface area (Å²) < 4.78 is 41.7. The lowest BCUT2D eigenvalue weighted by atomic mass is 10.3. The number of ether oxygens (including phenoxy) is 1. The Morgan fingerprint density at radius 2 is 2.20 bits per heavy atom. The van der Waals surface area contributed by atoms with Gasteiger partial charge in [0.2, 0.25) is 0 Å². The average Bonchev–Trinajstić information content (AvgIpc) is 2.67. The summed E-state index contributed by atoms with van der Waals surface area (Å²) >= 11 is 0. The summed E-state index contributed by atoms with van der Waals surface area (Å²) in [6.45, 7) is 1.55. The zero-order valence-corrected chi connectivity index (χ0v) is 9.98. The number of rotatable bonds is 5. The van der Waals surface area contributed by atoms with Crippen LogP contribution in [0.3, 0.4) is 0 Å². The van der Waals surface area contributed by atoms with E-state index in [1.165, 1.54) is 6.08 Å². The molecule has 0 aromatic carbocycles. The molecule has 0 unspecified atom stereocenters. The molecule has 0 radical (unpaired) electrons. The molecular formula is C10H10F3N3O4. The van der Waals surface area contributed by atoms with Gasteiger partial charge in [0, 0.05) is 0 Å². The SMILES string of the molecule is C=CCOC(=O)Nc1c(C(=O)O)cnn1CC(F)(F)F. The predicted octanol–water partition coefficient (Wildman–Crippen LogP) is 1.88. The molecular weight excluding hydrogens is 283 g/mol. The molecule has 0 fully saturated rings. The third-order valence-electron chi connectivity index (χ3n) is 1.95. The van der Waals surface area contributed by atoms with Crippen molar-refractivity contribution in [1.82, 2.24) is 9.78 Å². The number of hydrogen-bond donors (Lipinski definition) is 2. The molecule has 0 spiro atoms. The van der Waals surface area contributed by atoms with E-state index in [1.807, 2.05) is 5.32 Å². The highest BCUT2D eigenvalue weighted by Gasteiger charge is 2.31. The van der Waals surface area contributed by atoms with E-state index in [4.69, 9.17) is 5.11 Å². The summed E-state index contributed by atoms with van der Waals surface area (Å²) in [6.07, 6.45) is -3.79. The van der Waals surface area contributed by atoms with Crippen LogP contribution in [0.15, 0.2) is 18.9 Å². The first-order valence-electron chi connectivity index (χ1n) is 5.15. The van der Waals surface area contributed by atoms with Crippen LogP contribution in [0.5, 0.6) is 0 Å². The van der Waals surface area contributed by atoms with Crippen molar-refractivity contribution in [3.05, 3.63) is 24.4 Å². The molecule has 10 heteroatoms. The fourth-order valence-corrected chi connectivity index (χ4v) is 1.23. The van der Waals surface area contributed by atoms with Gasteiger partial charge in [-0.1, -0.05) is 12.7 Å². The van der Waals surface area contributed by atoms with E-state index in [0.717, 1.165) is 0 Å².